The molecule has 4 N–H and O–H groups in total. The molecule has 3 atom stereocenters. The van der Waals surface area contributed by atoms with Gasteiger partial charge < -0.3 is 25.5 Å². The molecule has 0 aliphatic rings. The minimum Gasteiger partial charge on any atom is -0.392 e. The zero-order valence-corrected chi connectivity index (χ0v) is 13.4. The normalized spacial score (nSPS) is 16.6. The Morgan fingerprint density at radius 1 is 0.850 bits per heavy atom. The summed E-state index contributed by atoms with van der Waals surface area (Å²) in [5.41, 5.74) is 0. The Kier molecular flexibility index (Phi) is 11.3. The molecular formula is C14H33N3O3. The maximum atomic E-state index is 9.46. The summed E-state index contributed by atoms with van der Waals surface area (Å²) in [6, 6.07) is 0. The van der Waals surface area contributed by atoms with E-state index in [1.165, 1.54) is 0 Å². The maximum Gasteiger partial charge on any atom is 0.0639 e. The number of aliphatic hydroxyl groups is 3. The molecule has 0 aromatic heterocycles. The van der Waals surface area contributed by atoms with Crippen LogP contribution in [0.3, 0.4) is 0 Å². The van der Waals surface area contributed by atoms with Crippen LogP contribution >= 0.6 is 0 Å². The molecule has 0 aromatic carbocycles. The molecule has 0 radical (unpaired) electrons. The van der Waals surface area contributed by atoms with Gasteiger partial charge in [-0.05, 0) is 27.8 Å². The lowest BCUT2D eigenvalue weighted by Gasteiger charge is -2.27. The molecule has 0 aromatic rings. The highest BCUT2D eigenvalue weighted by Crippen LogP contribution is 1.96. The topological polar surface area (TPSA) is 79.2 Å². The van der Waals surface area contributed by atoms with Crippen molar-refractivity contribution in [2.75, 3.05) is 52.9 Å². The van der Waals surface area contributed by atoms with Gasteiger partial charge in [-0.1, -0.05) is 0 Å². The van der Waals surface area contributed by atoms with Crippen LogP contribution in [0.2, 0.25) is 0 Å². The van der Waals surface area contributed by atoms with E-state index < -0.39 is 0 Å². The van der Waals surface area contributed by atoms with Crippen molar-refractivity contribution in [1.82, 2.24) is 15.1 Å². The molecule has 0 spiro atoms. The average Bonchev–Trinajstić information content (AvgIpc) is 2.30. The summed E-state index contributed by atoms with van der Waals surface area (Å²) in [7, 11) is 2.05. The van der Waals surface area contributed by atoms with E-state index in [4.69, 9.17) is 5.11 Å². The summed E-state index contributed by atoms with van der Waals surface area (Å²) in [6.07, 6.45) is -1.08. The van der Waals surface area contributed by atoms with Crippen LogP contribution in [-0.4, -0.2) is 96.3 Å². The molecule has 0 aliphatic carbocycles. The van der Waals surface area contributed by atoms with E-state index in [0.717, 1.165) is 26.2 Å². The third-order valence-electron chi connectivity index (χ3n) is 2.95. The van der Waals surface area contributed by atoms with Crippen molar-refractivity contribution in [2.45, 2.75) is 39.1 Å². The highest BCUT2D eigenvalue weighted by Gasteiger charge is 2.11. The Bertz CT molecular complexity index is 216. The summed E-state index contributed by atoms with van der Waals surface area (Å²) in [4.78, 5) is 4.28. The maximum absolute atomic E-state index is 9.46. The van der Waals surface area contributed by atoms with Gasteiger partial charge in [-0.2, -0.15) is 0 Å². The summed E-state index contributed by atoms with van der Waals surface area (Å²) >= 11 is 0. The lowest BCUT2D eigenvalue weighted by Crippen LogP contribution is -2.42. The van der Waals surface area contributed by atoms with E-state index in [0.29, 0.717) is 19.6 Å². The van der Waals surface area contributed by atoms with E-state index in [1.807, 2.05) is 7.05 Å². The highest BCUT2D eigenvalue weighted by molar-refractivity contribution is 4.67. The molecule has 0 saturated heterocycles. The number of likely N-dealkylation sites (N-methyl/N-ethyl adjacent to an activating group) is 1. The standard InChI is InChI=1S/C14H33N3O3/c1-12(18)9-15-5-6-16(4)7-8-17(10-13(2)19)11-14(3)20/h12-15,18-20H,5-11H2,1-4H3. The van der Waals surface area contributed by atoms with Crippen LogP contribution in [0.4, 0.5) is 0 Å². The molecule has 6 nitrogen and oxygen atoms in total. The molecule has 3 unspecified atom stereocenters. The number of nitrogens with zero attached hydrogens (tertiary/aromatic N) is 2. The van der Waals surface area contributed by atoms with Gasteiger partial charge in [-0.25, -0.2) is 0 Å². The summed E-state index contributed by atoms with van der Waals surface area (Å²) in [6.45, 7) is 10.5. The van der Waals surface area contributed by atoms with Crippen molar-refractivity contribution in [3.05, 3.63) is 0 Å². The summed E-state index contributed by atoms with van der Waals surface area (Å²) in [5.74, 6) is 0. The van der Waals surface area contributed by atoms with Crippen molar-refractivity contribution in [1.29, 1.82) is 0 Å². The first-order valence-corrected chi connectivity index (χ1v) is 7.47. The second kappa shape index (κ2) is 11.4. The molecule has 20 heavy (non-hydrogen) atoms. The van der Waals surface area contributed by atoms with Gasteiger partial charge in [-0.15, -0.1) is 0 Å². The molecule has 122 valence electrons. The van der Waals surface area contributed by atoms with Crippen LogP contribution in [0.15, 0.2) is 0 Å². The van der Waals surface area contributed by atoms with Crippen LogP contribution in [0.25, 0.3) is 0 Å². The van der Waals surface area contributed by atoms with E-state index >= 15 is 0 Å². The van der Waals surface area contributed by atoms with E-state index in [2.05, 4.69) is 15.1 Å². The number of aliphatic hydroxyl groups excluding tert-OH is 3. The van der Waals surface area contributed by atoms with Gasteiger partial charge in [-0.3, -0.25) is 4.90 Å². The average molecular weight is 291 g/mol. The van der Waals surface area contributed by atoms with Crippen LogP contribution in [0, 0.1) is 0 Å². The zero-order valence-electron chi connectivity index (χ0n) is 13.4. The molecule has 0 rings (SSSR count). The van der Waals surface area contributed by atoms with Crippen molar-refractivity contribution >= 4 is 0 Å². The van der Waals surface area contributed by atoms with Crippen LogP contribution < -0.4 is 5.32 Å². The first-order chi connectivity index (χ1) is 9.31. The fourth-order valence-corrected chi connectivity index (χ4v) is 2.01. The quantitative estimate of drug-likeness (QED) is 0.344. The molecule has 6 heteroatoms. The largest absolute Gasteiger partial charge is 0.392 e. The van der Waals surface area contributed by atoms with E-state index in [1.54, 1.807) is 20.8 Å². The van der Waals surface area contributed by atoms with Gasteiger partial charge >= 0.3 is 0 Å². The predicted octanol–water partition coefficient (Wildman–Crippen LogP) is -1.05. The lowest BCUT2D eigenvalue weighted by atomic mass is 10.3. The van der Waals surface area contributed by atoms with Crippen LogP contribution in [0.5, 0.6) is 0 Å². The molecule has 0 bridgehead atoms. The number of hydrogen-bond acceptors (Lipinski definition) is 6. The monoisotopic (exact) mass is 291 g/mol. The van der Waals surface area contributed by atoms with E-state index in [9.17, 15) is 10.2 Å². The number of nitrogens with one attached hydrogen (secondary N) is 1. The molecule has 0 aliphatic heterocycles. The predicted molar refractivity (Wildman–Crippen MR) is 81.8 cm³/mol. The van der Waals surface area contributed by atoms with Gasteiger partial charge in [0.05, 0.1) is 18.3 Å². The Labute approximate surface area is 123 Å². The van der Waals surface area contributed by atoms with Gasteiger partial charge in [0.1, 0.15) is 0 Å². The third kappa shape index (κ3) is 12.8. The van der Waals surface area contributed by atoms with Crippen molar-refractivity contribution < 1.29 is 15.3 Å². The molecular weight excluding hydrogens is 258 g/mol. The van der Waals surface area contributed by atoms with Gasteiger partial charge in [0.15, 0.2) is 0 Å². The first-order valence-electron chi connectivity index (χ1n) is 7.47. The SMILES string of the molecule is CC(O)CNCCN(C)CCN(CC(C)O)CC(C)O. The van der Waals surface area contributed by atoms with Crippen molar-refractivity contribution in [3.63, 3.8) is 0 Å². The molecule has 0 amide bonds. The second-order valence-corrected chi connectivity index (χ2v) is 5.81. The van der Waals surface area contributed by atoms with Gasteiger partial charge in [0, 0.05) is 45.8 Å². The molecule has 0 heterocycles. The van der Waals surface area contributed by atoms with Crippen molar-refractivity contribution in [3.8, 4) is 0 Å². The van der Waals surface area contributed by atoms with Gasteiger partial charge in [0.25, 0.3) is 0 Å². The minimum absolute atomic E-state index is 0.312. The lowest BCUT2D eigenvalue weighted by molar-refractivity contribution is 0.0781. The second-order valence-electron chi connectivity index (χ2n) is 5.81. The Balaban J connectivity index is 3.82. The molecule has 0 saturated carbocycles. The van der Waals surface area contributed by atoms with Crippen LogP contribution in [-0.2, 0) is 0 Å². The number of hydrogen-bond donors (Lipinski definition) is 4. The first kappa shape index (κ1) is 19.8. The fourth-order valence-electron chi connectivity index (χ4n) is 2.01. The summed E-state index contributed by atoms with van der Waals surface area (Å²) in [5, 5.41) is 31.2. The third-order valence-corrected chi connectivity index (χ3v) is 2.95. The summed E-state index contributed by atoms with van der Waals surface area (Å²) < 4.78 is 0. The Hall–Kier alpha value is -0.240. The van der Waals surface area contributed by atoms with Crippen molar-refractivity contribution in [2.24, 2.45) is 0 Å². The Morgan fingerprint density at radius 3 is 1.85 bits per heavy atom. The van der Waals surface area contributed by atoms with E-state index in [-0.39, 0.29) is 18.3 Å². The van der Waals surface area contributed by atoms with Gasteiger partial charge in [0.2, 0.25) is 0 Å². The Morgan fingerprint density at radius 2 is 1.40 bits per heavy atom. The number of rotatable bonds is 12. The fraction of sp³-hybridized carbons (Fsp3) is 1.00. The molecule has 0 fully saturated rings. The minimum atomic E-state index is -0.383. The zero-order chi connectivity index (χ0) is 15.5. The van der Waals surface area contributed by atoms with Crippen LogP contribution in [0.1, 0.15) is 20.8 Å². The highest BCUT2D eigenvalue weighted by atomic mass is 16.3. The smallest absolute Gasteiger partial charge is 0.0639 e.